The first kappa shape index (κ1) is 23.9. The van der Waals surface area contributed by atoms with Gasteiger partial charge in [0.05, 0.1) is 17.7 Å². The van der Waals surface area contributed by atoms with E-state index in [0.717, 1.165) is 63.5 Å². The molecule has 7 heteroatoms. The Bertz CT molecular complexity index is 930. The fraction of sp³-hybridized carbons (Fsp3) is 0.857. The van der Waals surface area contributed by atoms with Crippen molar-refractivity contribution < 1.29 is 24.5 Å². The number of rotatable bonds is 3. The number of aliphatic hydroxyl groups is 2. The Morgan fingerprint density at radius 1 is 1.11 bits per heavy atom. The molecule has 0 aromatic carbocycles. The monoisotopic (exact) mass is 486 g/mol. The second kappa shape index (κ2) is 8.29. The van der Waals surface area contributed by atoms with Crippen LogP contribution < -0.4 is 10.6 Å². The molecule has 0 bridgehead atoms. The van der Waals surface area contributed by atoms with Crippen molar-refractivity contribution in [3.63, 3.8) is 0 Å². The Kier molecular flexibility index (Phi) is 5.67. The van der Waals surface area contributed by atoms with Gasteiger partial charge >= 0.3 is 5.97 Å². The first-order valence-corrected chi connectivity index (χ1v) is 14.0. The molecule has 1 saturated heterocycles. The topological polar surface area (TPSA) is 108 Å². The molecule has 1 amide bonds. The second-order valence-corrected chi connectivity index (χ2v) is 13.0. The normalized spacial score (nSPS) is 51.1. The molecule has 0 unspecified atom stereocenters. The second-order valence-electron chi connectivity index (χ2n) is 13.0. The zero-order chi connectivity index (χ0) is 24.6. The molecule has 0 aromatic heterocycles. The number of ether oxygens (including phenoxy) is 1. The maximum absolute atomic E-state index is 12.7. The molecule has 6 aliphatic rings. The maximum atomic E-state index is 12.7. The van der Waals surface area contributed by atoms with E-state index in [1.807, 2.05) is 0 Å². The molecular formula is C28H42N2O5. The zero-order valence-corrected chi connectivity index (χ0v) is 21.2. The van der Waals surface area contributed by atoms with Gasteiger partial charge in [-0.2, -0.15) is 0 Å². The van der Waals surface area contributed by atoms with Gasteiger partial charge in [-0.3, -0.25) is 4.79 Å². The minimum atomic E-state index is -0.931. The zero-order valence-electron chi connectivity index (χ0n) is 21.2. The number of esters is 1. The molecule has 2 aliphatic heterocycles. The Hall–Kier alpha value is -1.44. The van der Waals surface area contributed by atoms with E-state index in [-0.39, 0.29) is 47.1 Å². The van der Waals surface area contributed by atoms with Gasteiger partial charge in [-0.25, -0.2) is 4.79 Å². The van der Waals surface area contributed by atoms with Gasteiger partial charge in [-0.15, -0.1) is 0 Å². The number of hydrogen-bond donors (Lipinski definition) is 4. The van der Waals surface area contributed by atoms with Crippen LogP contribution in [0.25, 0.3) is 0 Å². The van der Waals surface area contributed by atoms with Crippen molar-refractivity contribution >= 4 is 11.9 Å². The van der Waals surface area contributed by atoms with Gasteiger partial charge in [0.15, 0.2) is 0 Å². The summed E-state index contributed by atoms with van der Waals surface area (Å²) in [5, 5.41) is 30.7. The Morgan fingerprint density at radius 2 is 1.94 bits per heavy atom. The molecular weight excluding hydrogens is 444 g/mol. The number of carbonyl (C=O) groups excluding carboxylic acids is 2. The summed E-state index contributed by atoms with van der Waals surface area (Å²) in [6.07, 6.45) is 10.2. The molecule has 194 valence electrons. The average Bonchev–Trinajstić information content (AvgIpc) is 3.56. The third-order valence-corrected chi connectivity index (χ3v) is 11.8. The van der Waals surface area contributed by atoms with Gasteiger partial charge in [0.25, 0.3) is 0 Å². The van der Waals surface area contributed by atoms with Crippen molar-refractivity contribution in [3.8, 4) is 0 Å². The first-order chi connectivity index (χ1) is 16.7. The lowest BCUT2D eigenvalue weighted by Crippen LogP contribution is -2.67. The molecule has 10 atom stereocenters. The van der Waals surface area contributed by atoms with Gasteiger partial charge in [-0.1, -0.05) is 13.8 Å². The lowest BCUT2D eigenvalue weighted by Gasteiger charge is -2.65. The van der Waals surface area contributed by atoms with E-state index in [1.165, 1.54) is 0 Å². The van der Waals surface area contributed by atoms with E-state index in [0.29, 0.717) is 25.4 Å². The number of carbonyl (C=O) groups is 2. The van der Waals surface area contributed by atoms with Crippen molar-refractivity contribution in [2.75, 3.05) is 13.2 Å². The smallest absolute Gasteiger partial charge is 0.331 e. The van der Waals surface area contributed by atoms with E-state index >= 15 is 0 Å². The first-order valence-electron chi connectivity index (χ1n) is 14.0. The molecule has 4 saturated carbocycles. The summed E-state index contributed by atoms with van der Waals surface area (Å²) in [6, 6.07) is 0.189. The van der Waals surface area contributed by atoms with Gasteiger partial charge in [0, 0.05) is 17.5 Å². The van der Waals surface area contributed by atoms with Crippen molar-refractivity contribution in [1.29, 1.82) is 0 Å². The highest BCUT2D eigenvalue weighted by atomic mass is 16.5. The predicted octanol–water partition coefficient (Wildman–Crippen LogP) is 2.45. The highest BCUT2D eigenvalue weighted by Gasteiger charge is 2.70. The molecule has 4 aliphatic carbocycles. The molecule has 7 nitrogen and oxygen atoms in total. The maximum Gasteiger partial charge on any atom is 0.331 e. The quantitative estimate of drug-likeness (QED) is 0.457. The van der Waals surface area contributed by atoms with Crippen LogP contribution in [-0.4, -0.2) is 59.0 Å². The van der Waals surface area contributed by atoms with Crippen LogP contribution in [0.4, 0.5) is 0 Å². The Morgan fingerprint density at radius 3 is 2.66 bits per heavy atom. The largest absolute Gasteiger partial charge is 0.458 e. The number of aliphatic hydroxyl groups excluding tert-OH is 1. The van der Waals surface area contributed by atoms with Crippen molar-refractivity contribution in [3.05, 3.63) is 11.6 Å². The van der Waals surface area contributed by atoms with Crippen LogP contribution in [-0.2, 0) is 14.3 Å². The van der Waals surface area contributed by atoms with Crippen molar-refractivity contribution in [2.45, 2.75) is 102 Å². The van der Waals surface area contributed by atoms with Crippen LogP contribution in [0, 0.1) is 34.5 Å². The SMILES string of the molecule is C[C@]12CC[C@H](NC(=O)[C@@H]3CCCN3)C[C@H]1CC[C@@H]1[C@@H]2C[C@@H](O)[C@]2(C)[C@@H](C3=CC(=O)OC3)CC[C@]12O. The van der Waals surface area contributed by atoms with E-state index in [1.54, 1.807) is 6.08 Å². The summed E-state index contributed by atoms with van der Waals surface area (Å²) < 4.78 is 5.21. The van der Waals surface area contributed by atoms with Gasteiger partial charge < -0.3 is 25.6 Å². The summed E-state index contributed by atoms with van der Waals surface area (Å²) in [7, 11) is 0. The van der Waals surface area contributed by atoms with Gasteiger partial charge in [0.1, 0.15) is 6.61 Å². The number of amides is 1. The molecule has 0 aromatic rings. The molecule has 6 rings (SSSR count). The van der Waals surface area contributed by atoms with Crippen molar-refractivity contribution in [1.82, 2.24) is 10.6 Å². The summed E-state index contributed by atoms with van der Waals surface area (Å²) >= 11 is 0. The lowest BCUT2D eigenvalue weighted by atomic mass is 9.42. The average molecular weight is 487 g/mol. The van der Waals surface area contributed by atoms with Crippen LogP contribution >= 0.6 is 0 Å². The molecule has 0 spiro atoms. The van der Waals surface area contributed by atoms with Crippen LogP contribution in [0.1, 0.15) is 78.1 Å². The number of cyclic esters (lactones) is 1. The number of nitrogens with one attached hydrogen (secondary N) is 2. The minimum Gasteiger partial charge on any atom is -0.458 e. The summed E-state index contributed by atoms with van der Waals surface area (Å²) in [5.74, 6) is 0.772. The van der Waals surface area contributed by atoms with Gasteiger partial charge in [-0.05, 0) is 105 Å². The van der Waals surface area contributed by atoms with E-state index in [2.05, 4.69) is 24.5 Å². The van der Waals surface area contributed by atoms with Crippen LogP contribution in [0.5, 0.6) is 0 Å². The fourth-order valence-electron chi connectivity index (χ4n) is 9.73. The fourth-order valence-corrected chi connectivity index (χ4v) is 9.73. The summed E-state index contributed by atoms with van der Waals surface area (Å²) in [4.78, 5) is 24.5. The van der Waals surface area contributed by atoms with Gasteiger partial charge in [0.2, 0.25) is 5.91 Å². The standard InChI is InChI=1S/C28H42N2O5/c1-26-9-7-18(30-25(33)22-4-3-11-29-22)13-17(26)5-6-20-21(26)14-23(31)27(2)19(8-10-28(20,27)34)16-12-24(32)35-15-16/h12,17-23,29,31,34H,3-11,13-15H2,1-2H3,(H,30,33)/t17-,18+,19-,20-,21+,22+,23-,26+,27+,28+/m1/s1. The minimum absolute atomic E-state index is 0.0180. The van der Waals surface area contributed by atoms with Crippen LogP contribution in [0.2, 0.25) is 0 Å². The summed E-state index contributed by atoms with van der Waals surface area (Å²) in [6.45, 7) is 5.67. The molecule has 35 heavy (non-hydrogen) atoms. The van der Waals surface area contributed by atoms with Crippen LogP contribution in [0.3, 0.4) is 0 Å². The Balaban J connectivity index is 1.21. The lowest BCUT2D eigenvalue weighted by molar-refractivity contribution is -0.243. The van der Waals surface area contributed by atoms with E-state index < -0.39 is 17.1 Å². The molecule has 4 N–H and O–H groups in total. The third-order valence-electron chi connectivity index (χ3n) is 11.8. The van der Waals surface area contributed by atoms with E-state index in [4.69, 9.17) is 4.74 Å². The molecule has 5 fully saturated rings. The highest BCUT2D eigenvalue weighted by Crippen LogP contribution is 2.69. The number of fused-ring (bicyclic) bond motifs is 5. The molecule has 2 heterocycles. The number of hydrogen-bond acceptors (Lipinski definition) is 6. The van der Waals surface area contributed by atoms with Crippen LogP contribution in [0.15, 0.2) is 11.6 Å². The van der Waals surface area contributed by atoms with Crippen molar-refractivity contribution in [2.24, 2.45) is 34.5 Å². The third kappa shape index (κ3) is 3.40. The highest BCUT2D eigenvalue weighted by molar-refractivity contribution is 5.85. The summed E-state index contributed by atoms with van der Waals surface area (Å²) in [5.41, 5.74) is -0.577. The molecule has 0 radical (unpaired) electrons. The van der Waals surface area contributed by atoms with E-state index in [9.17, 15) is 19.8 Å². The Labute approximate surface area is 208 Å². The predicted molar refractivity (Wildman–Crippen MR) is 130 cm³/mol.